The summed E-state index contributed by atoms with van der Waals surface area (Å²) < 4.78 is 59.7. The molecule has 0 aliphatic heterocycles. The van der Waals surface area contributed by atoms with Gasteiger partial charge in [0.15, 0.2) is 0 Å². The van der Waals surface area contributed by atoms with Gasteiger partial charge in [0.1, 0.15) is 15.7 Å². The van der Waals surface area contributed by atoms with E-state index in [2.05, 4.69) is 12.2 Å². The monoisotopic (exact) mass is 304 g/mol. The molecule has 0 amide bonds. The molecule has 1 aromatic heterocycles. The Kier molecular flexibility index (Phi) is 4.12. The van der Waals surface area contributed by atoms with E-state index in [0.717, 1.165) is 6.07 Å². The Morgan fingerprint density at radius 2 is 2.06 bits per heavy atom. The molecular weight excluding hydrogens is 297 g/mol. The van der Waals surface area contributed by atoms with E-state index in [-0.39, 0.29) is 9.20 Å². The first-order valence-corrected chi connectivity index (χ1v) is 6.79. The van der Waals surface area contributed by atoms with E-state index in [1.165, 1.54) is 10.8 Å². The minimum Gasteiger partial charge on any atom is -0.389 e. The van der Waals surface area contributed by atoms with Gasteiger partial charge in [-0.1, -0.05) is 12.2 Å². The largest absolute Gasteiger partial charge is 0.402 e. The molecule has 0 fully saturated rings. The summed E-state index contributed by atoms with van der Waals surface area (Å²) in [5.41, 5.74) is 5.26. The average Bonchev–Trinajstić information content (AvgIpc) is 2.63. The molecule has 3 N–H and O–H groups in total. The predicted molar refractivity (Wildman–Crippen MR) is 61.4 cm³/mol. The van der Waals surface area contributed by atoms with Gasteiger partial charge in [0.25, 0.3) is 0 Å². The zero-order valence-electron chi connectivity index (χ0n) is 8.11. The van der Waals surface area contributed by atoms with Crippen LogP contribution >= 0.6 is 23.6 Å². The molecule has 1 aromatic rings. The summed E-state index contributed by atoms with van der Waals surface area (Å²) in [6.07, 6.45) is -4.60. The van der Waals surface area contributed by atoms with E-state index in [9.17, 15) is 21.6 Å². The number of nitrogens with two attached hydrogens (primary N) is 1. The molecule has 96 valence electrons. The van der Waals surface area contributed by atoms with Crippen molar-refractivity contribution in [2.45, 2.75) is 10.4 Å². The molecule has 0 aliphatic rings. The maximum Gasteiger partial charge on any atom is 0.402 e. The lowest BCUT2D eigenvalue weighted by molar-refractivity contribution is -0.121. The second kappa shape index (κ2) is 4.88. The van der Waals surface area contributed by atoms with Crippen LogP contribution in [0.15, 0.2) is 16.3 Å². The third-order valence-corrected chi connectivity index (χ3v) is 4.91. The van der Waals surface area contributed by atoms with Gasteiger partial charge in [0.2, 0.25) is 10.0 Å². The first kappa shape index (κ1) is 14.4. The minimum atomic E-state index is -4.60. The van der Waals surface area contributed by atoms with Crippen molar-refractivity contribution < 1.29 is 21.6 Å². The van der Waals surface area contributed by atoms with Crippen molar-refractivity contribution in [3.63, 3.8) is 0 Å². The van der Waals surface area contributed by atoms with E-state index >= 15 is 0 Å². The zero-order valence-corrected chi connectivity index (χ0v) is 10.6. The van der Waals surface area contributed by atoms with Crippen LogP contribution in [0.5, 0.6) is 0 Å². The van der Waals surface area contributed by atoms with E-state index in [0.29, 0.717) is 16.2 Å². The van der Waals surface area contributed by atoms with Crippen molar-refractivity contribution in [2.24, 2.45) is 5.73 Å². The normalized spacial score (nSPS) is 12.6. The Morgan fingerprint density at radius 3 is 2.47 bits per heavy atom. The molecule has 0 unspecified atom stereocenters. The Morgan fingerprint density at radius 1 is 1.47 bits per heavy atom. The number of alkyl halides is 3. The molecule has 10 heteroatoms. The summed E-state index contributed by atoms with van der Waals surface area (Å²) in [6, 6.07) is 2.49. The second-order valence-corrected chi connectivity index (χ2v) is 6.44. The van der Waals surface area contributed by atoms with Crippen LogP contribution in [-0.4, -0.2) is 26.1 Å². The number of sulfonamides is 1. The SMILES string of the molecule is NC(=S)c1ccc(S(=O)(=O)NCC(F)(F)F)s1. The maximum absolute atomic E-state index is 11.9. The summed E-state index contributed by atoms with van der Waals surface area (Å²) in [6.45, 7) is -1.62. The Balaban J connectivity index is 2.86. The first-order valence-electron chi connectivity index (χ1n) is 4.08. The van der Waals surface area contributed by atoms with Crippen molar-refractivity contribution in [1.82, 2.24) is 4.72 Å². The van der Waals surface area contributed by atoms with Gasteiger partial charge in [0.05, 0.1) is 4.88 Å². The molecule has 4 nitrogen and oxygen atoms in total. The van der Waals surface area contributed by atoms with Gasteiger partial charge in [-0.2, -0.15) is 13.2 Å². The van der Waals surface area contributed by atoms with Crippen LogP contribution < -0.4 is 10.5 Å². The highest BCUT2D eigenvalue weighted by molar-refractivity contribution is 7.91. The fourth-order valence-corrected chi connectivity index (χ4v) is 3.26. The molecule has 0 atom stereocenters. The summed E-state index contributed by atoms with van der Waals surface area (Å²) in [5.74, 6) is 0. The lowest BCUT2D eigenvalue weighted by Crippen LogP contribution is -2.33. The fourth-order valence-electron chi connectivity index (χ4n) is 0.845. The van der Waals surface area contributed by atoms with Crippen LogP contribution in [-0.2, 0) is 10.0 Å². The number of hydrogen-bond donors (Lipinski definition) is 2. The van der Waals surface area contributed by atoms with Gasteiger partial charge in [-0.25, -0.2) is 13.1 Å². The van der Waals surface area contributed by atoms with Crippen LogP contribution in [0.1, 0.15) is 4.88 Å². The molecule has 0 saturated carbocycles. The minimum absolute atomic E-state index is 0.00716. The number of halogens is 3. The lowest BCUT2D eigenvalue weighted by atomic mass is 10.5. The molecule has 0 bridgehead atoms. The van der Waals surface area contributed by atoms with Crippen molar-refractivity contribution in [1.29, 1.82) is 0 Å². The number of nitrogens with one attached hydrogen (secondary N) is 1. The van der Waals surface area contributed by atoms with Crippen molar-refractivity contribution >= 4 is 38.6 Å². The van der Waals surface area contributed by atoms with Crippen LogP contribution in [0.4, 0.5) is 13.2 Å². The third-order valence-electron chi connectivity index (χ3n) is 1.55. The first-order chi connectivity index (χ1) is 7.62. The van der Waals surface area contributed by atoms with Crippen molar-refractivity contribution in [3.05, 3.63) is 17.0 Å². The topological polar surface area (TPSA) is 72.2 Å². The molecule has 0 radical (unpaired) electrons. The van der Waals surface area contributed by atoms with Crippen molar-refractivity contribution in [3.8, 4) is 0 Å². The van der Waals surface area contributed by atoms with E-state index in [1.807, 2.05) is 0 Å². The summed E-state index contributed by atoms with van der Waals surface area (Å²) in [4.78, 5) is 0.319. The van der Waals surface area contributed by atoms with E-state index < -0.39 is 22.7 Å². The highest BCUT2D eigenvalue weighted by atomic mass is 32.2. The quantitative estimate of drug-likeness (QED) is 0.821. The average molecular weight is 304 g/mol. The van der Waals surface area contributed by atoms with Gasteiger partial charge in [-0.3, -0.25) is 0 Å². The molecule has 1 rings (SSSR count). The number of rotatable bonds is 4. The van der Waals surface area contributed by atoms with Gasteiger partial charge >= 0.3 is 6.18 Å². The van der Waals surface area contributed by atoms with Gasteiger partial charge in [-0.15, -0.1) is 11.3 Å². The standard InChI is InChI=1S/C7H7F3N2O2S3/c8-7(9,10)3-12-17(13,14)5-2-1-4(16-5)6(11)15/h1-2,12H,3H2,(H2,11,15). The van der Waals surface area contributed by atoms with Crippen LogP contribution in [0.3, 0.4) is 0 Å². The Bertz CT molecular complexity index is 521. The smallest absolute Gasteiger partial charge is 0.389 e. The molecule has 0 spiro atoms. The van der Waals surface area contributed by atoms with Gasteiger partial charge < -0.3 is 5.73 Å². The van der Waals surface area contributed by atoms with Crippen LogP contribution in [0.2, 0.25) is 0 Å². The molecule has 0 aromatic carbocycles. The lowest BCUT2D eigenvalue weighted by Gasteiger charge is -2.07. The number of thiocarbonyl (C=S) groups is 1. The molecule has 17 heavy (non-hydrogen) atoms. The molecule has 1 heterocycles. The fraction of sp³-hybridized carbons (Fsp3) is 0.286. The Labute approximate surface area is 105 Å². The Hall–Kier alpha value is -0.710. The van der Waals surface area contributed by atoms with Crippen LogP contribution in [0, 0.1) is 0 Å². The summed E-state index contributed by atoms with van der Waals surface area (Å²) in [5, 5.41) is 0. The zero-order chi connectivity index (χ0) is 13.3. The highest BCUT2D eigenvalue weighted by Crippen LogP contribution is 2.22. The molecular formula is C7H7F3N2O2S3. The third kappa shape index (κ3) is 4.22. The summed E-state index contributed by atoms with van der Waals surface area (Å²) >= 11 is 5.33. The number of thiophene rings is 1. The van der Waals surface area contributed by atoms with Crippen molar-refractivity contribution in [2.75, 3.05) is 6.54 Å². The van der Waals surface area contributed by atoms with E-state index in [4.69, 9.17) is 5.73 Å². The highest BCUT2D eigenvalue weighted by Gasteiger charge is 2.30. The predicted octanol–water partition coefficient (Wildman–Crippen LogP) is 1.22. The second-order valence-electron chi connectivity index (χ2n) is 2.92. The van der Waals surface area contributed by atoms with Crippen LogP contribution in [0.25, 0.3) is 0 Å². The van der Waals surface area contributed by atoms with Gasteiger partial charge in [-0.05, 0) is 12.1 Å². The van der Waals surface area contributed by atoms with E-state index in [1.54, 1.807) is 0 Å². The molecule has 0 aliphatic carbocycles. The maximum atomic E-state index is 11.9. The molecule has 0 saturated heterocycles. The van der Waals surface area contributed by atoms with Gasteiger partial charge in [0, 0.05) is 0 Å². The number of hydrogen-bond acceptors (Lipinski definition) is 4. The summed E-state index contributed by atoms with van der Waals surface area (Å²) in [7, 11) is -4.17.